The minimum atomic E-state index is -0.874. The number of hydrogen-bond donors (Lipinski definition) is 3. The van der Waals surface area contributed by atoms with Crippen LogP contribution in [0.25, 0.3) is 0 Å². The summed E-state index contributed by atoms with van der Waals surface area (Å²) in [6.07, 6.45) is 98.1. The monoisotopic (exact) mass is 1020 g/mol. The Bertz CT molecular complexity index is 1440. The molecule has 0 spiro atoms. The van der Waals surface area contributed by atoms with Gasteiger partial charge in [0.2, 0.25) is 5.91 Å². The predicted molar refractivity (Wildman–Crippen MR) is 331 cm³/mol. The van der Waals surface area contributed by atoms with E-state index in [-0.39, 0.29) is 12.5 Å². The Morgan fingerprint density at radius 2 is 0.608 bits per heavy atom. The van der Waals surface area contributed by atoms with Gasteiger partial charge in [0.25, 0.3) is 0 Å². The molecule has 3 N–H and O–H groups in total. The number of allylic oxidation sites excluding steroid dienone is 19. The van der Waals surface area contributed by atoms with E-state index in [0.717, 1.165) is 89.9 Å². The highest BCUT2D eigenvalue weighted by atomic mass is 16.3. The highest BCUT2D eigenvalue weighted by Crippen LogP contribution is 2.17. The van der Waals surface area contributed by atoms with Crippen molar-refractivity contribution in [2.75, 3.05) is 6.61 Å². The van der Waals surface area contributed by atoms with Crippen LogP contribution in [0.1, 0.15) is 296 Å². The maximum absolute atomic E-state index is 12.5. The number of aliphatic hydroxyl groups is 2. The molecule has 0 aliphatic carbocycles. The van der Waals surface area contributed by atoms with Crippen LogP contribution >= 0.6 is 0 Å². The minimum Gasteiger partial charge on any atom is -0.394 e. The van der Waals surface area contributed by atoms with Gasteiger partial charge in [-0.05, 0) is 96.3 Å². The largest absolute Gasteiger partial charge is 0.394 e. The summed E-state index contributed by atoms with van der Waals surface area (Å²) in [5.41, 5.74) is 0. The zero-order chi connectivity index (χ0) is 53.4. The van der Waals surface area contributed by atoms with Crippen molar-refractivity contribution in [1.82, 2.24) is 5.32 Å². The molecule has 0 aliphatic heterocycles. The topological polar surface area (TPSA) is 69.6 Å². The molecule has 0 saturated heterocycles. The average molecular weight is 1020 g/mol. The van der Waals surface area contributed by atoms with Gasteiger partial charge >= 0.3 is 0 Å². The van der Waals surface area contributed by atoms with Crippen LogP contribution in [0.3, 0.4) is 0 Å². The zero-order valence-electron chi connectivity index (χ0n) is 48.8. The molecule has 0 aromatic rings. The lowest BCUT2D eigenvalue weighted by atomic mass is 10.0. The third kappa shape index (κ3) is 59.7. The maximum atomic E-state index is 12.5. The van der Waals surface area contributed by atoms with E-state index in [0.29, 0.717) is 6.42 Å². The second kappa shape index (κ2) is 64.1. The molecule has 0 saturated carbocycles. The molecule has 0 heterocycles. The Labute approximate surface area is 460 Å². The van der Waals surface area contributed by atoms with Crippen molar-refractivity contribution in [3.05, 3.63) is 122 Å². The van der Waals surface area contributed by atoms with Crippen molar-refractivity contribution in [1.29, 1.82) is 0 Å². The fourth-order valence-corrected chi connectivity index (χ4v) is 9.15. The number of hydrogen-bond acceptors (Lipinski definition) is 3. The minimum absolute atomic E-state index is 0.0807. The summed E-state index contributed by atoms with van der Waals surface area (Å²) in [5, 5.41) is 23.2. The summed E-state index contributed by atoms with van der Waals surface area (Å²) in [6, 6.07) is -0.651. The molecule has 4 nitrogen and oxygen atoms in total. The lowest BCUT2D eigenvalue weighted by molar-refractivity contribution is -0.123. The fraction of sp³-hybridized carbons (Fsp3) is 0.700. The lowest BCUT2D eigenvalue weighted by Gasteiger charge is -2.19. The van der Waals surface area contributed by atoms with Crippen molar-refractivity contribution in [2.24, 2.45) is 0 Å². The van der Waals surface area contributed by atoms with Crippen molar-refractivity contribution in [3.63, 3.8) is 0 Å². The smallest absolute Gasteiger partial charge is 0.220 e. The molecular weight excluding hydrogens is 903 g/mol. The summed E-state index contributed by atoms with van der Waals surface area (Å²) in [7, 11) is 0. The van der Waals surface area contributed by atoms with Gasteiger partial charge in [0.1, 0.15) is 0 Å². The highest BCUT2D eigenvalue weighted by Gasteiger charge is 2.18. The average Bonchev–Trinajstić information content (AvgIpc) is 3.40. The lowest BCUT2D eigenvalue weighted by Crippen LogP contribution is -2.45. The standard InChI is InChI=1S/C70H121NO3/c1-3-5-7-9-11-13-15-17-19-21-23-25-27-29-31-32-33-34-35-36-37-38-40-42-44-46-48-50-52-54-56-58-60-62-64-66-70(74)71-68(67-72)69(73)65-63-61-59-57-55-53-51-49-47-45-43-41-39-30-28-26-24-22-20-18-16-14-12-10-8-6-4-2/h5,7,11,13,17,19,23,25,29,31,33-34,36-37,40,42,55,57,63,65,68-69,72-73H,3-4,6,8-10,12,14-16,18,20-22,24,26-28,30,32,35,38-39,41,43-54,56,58-62,64,66-67H2,1-2H3,(H,71,74)/b7-5-,13-11-,19-17-,25-23-,31-29-,34-33-,37-36-,42-40-,57-55+,65-63+. The van der Waals surface area contributed by atoms with E-state index in [1.54, 1.807) is 6.08 Å². The van der Waals surface area contributed by atoms with Crippen LogP contribution in [0.4, 0.5) is 0 Å². The van der Waals surface area contributed by atoms with Crippen LogP contribution in [-0.2, 0) is 4.79 Å². The molecule has 1 amide bonds. The van der Waals surface area contributed by atoms with E-state index in [1.165, 1.54) is 186 Å². The molecule has 0 rings (SSSR count). The molecule has 0 aliphatic rings. The van der Waals surface area contributed by atoms with Crippen molar-refractivity contribution >= 4 is 5.91 Å². The van der Waals surface area contributed by atoms with Gasteiger partial charge in [0, 0.05) is 6.42 Å². The summed E-state index contributed by atoms with van der Waals surface area (Å²) < 4.78 is 0. The van der Waals surface area contributed by atoms with Crippen molar-refractivity contribution in [2.45, 2.75) is 309 Å². The molecule has 0 fully saturated rings. The van der Waals surface area contributed by atoms with Crippen molar-refractivity contribution < 1.29 is 15.0 Å². The second-order valence-corrected chi connectivity index (χ2v) is 21.1. The van der Waals surface area contributed by atoms with E-state index in [2.05, 4.69) is 129 Å². The first-order valence-corrected chi connectivity index (χ1v) is 31.7. The molecule has 2 atom stereocenters. The van der Waals surface area contributed by atoms with E-state index in [1.807, 2.05) is 6.08 Å². The third-order valence-electron chi connectivity index (χ3n) is 13.9. The molecule has 424 valence electrons. The van der Waals surface area contributed by atoms with Crippen molar-refractivity contribution in [3.8, 4) is 0 Å². The second-order valence-electron chi connectivity index (χ2n) is 21.1. The van der Waals surface area contributed by atoms with Gasteiger partial charge in [0.15, 0.2) is 0 Å². The van der Waals surface area contributed by atoms with E-state index < -0.39 is 12.1 Å². The van der Waals surface area contributed by atoms with Crippen LogP contribution in [0, 0.1) is 0 Å². The molecule has 0 aromatic carbocycles. The van der Waals surface area contributed by atoms with Crippen LogP contribution in [0.5, 0.6) is 0 Å². The first-order chi connectivity index (χ1) is 36.7. The summed E-state index contributed by atoms with van der Waals surface area (Å²) >= 11 is 0. The highest BCUT2D eigenvalue weighted by molar-refractivity contribution is 5.76. The molecule has 4 heteroatoms. The summed E-state index contributed by atoms with van der Waals surface area (Å²) in [4.78, 5) is 12.5. The van der Waals surface area contributed by atoms with Gasteiger partial charge in [-0.3, -0.25) is 4.79 Å². The summed E-state index contributed by atoms with van der Waals surface area (Å²) in [6.45, 7) is 4.20. The van der Waals surface area contributed by atoms with E-state index >= 15 is 0 Å². The van der Waals surface area contributed by atoms with Gasteiger partial charge in [-0.2, -0.15) is 0 Å². The van der Waals surface area contributed by atoms with Gasteiger partial charge in [-0.1, -0.05) is 315 Å². The summed E-state index contributed by atoms with van der Waals surface area (Å²) in [5.74, 6) is -0.0807. The fourth-order valence-electron chi connectivity index (χ4n) is 9.15. The van der Waals surface area contributed by atoms with E-state index in [4.69, 9.17) is 0 Å². The predicted octanol–water partition coefficient (Wildman–Crippen LogP) is 21.6. The number of rotatable bonds is 57. The number of carbonyl (C=O) groups excluding carboxylic acids is 1. The maximum Gasteiger partial charge on any atom is 0.220 e. The normalized spacial score (nSPS) is 13.6. The Morgan fingerprint density at radius 3 is 0.946 bits per heavy atom. The molecule has 74 heavy (non-hydrogen) atoms. The number of carbonyl (C=O) groups is 1. The molecule has 2 unspecified atom stereocenters. The molecule has 0 aromatic heterocycles. The van der Waals surface area contributed by atoms with Crippen LogP contribution < -0.4 is 5.32 Å². The molecule has 0 radical (unpaired) electrons. The Balaban J connectivity index is 3.59. The van der Waals surface area contributed by atoms with Gasteiger partial charge in [-0.25, -0.2) is 0 Å². The first-order valence-electron chi connectivity index (χ1n) is 31.7. The van der Waals surface area contributed by atoms with Gasteiger partial charge < -0.3 is 15.5 Å². The van der Waals surface area contributed by atoms with Crippen LogP contribution in [0.2, 0.25) is 0 Å². The Kier molecular flexibility index (Phi) is 61.3. The Hall–Kier alpha value is -3.21. The Morgan fingerprint density at radius 1 is 0.338 bits per heavy atom. The quantitative estimate of drug-likeness (QED) is 0.0420. The number of aliphatic hydroxyl groups excluding tert-OH is 2. The molecular formula is C70H121NO3. The SMILES string of the molecule is CC/C=C\C/C=C\C/C=C\C/C=C\C/C=C\C/C=C\C/C=C\C/C=C\CCCCCCCCCCCCC(=O)NC(CO)C(O)/C=C/CC/C=C/CCCCCCCCCCCCCCCCCCCCCCC. The number of nitrogens with one attached hydrogen (secondary N) is 1. The third-order valence-corrected chi connectivity index (χ3v) is 13.9. The molecule has 0 bridgehead atoms. The van der Waals surface area contributed by atoms with Gasteiger partial charge in [-0.15, -0.1) is 0 Å². The first kappa shape index (κ1) is 70.8. The van der Waals surface area contributed by atoms with Crippen LogP contribution in [-0.4, -0.2) is 34.9 Å². The van der Waals surface area contributed by atoms with Gasteiger partial charge in [0.05, 0.1) is 18.8 Å². The zero-order valence-corrected chi connectivity index (χ0v) is 48.8. The number of unbranched alkanes of at least 4 members (excludes halogenated alkanes) is 32. The van der Waals surface area contributed by atoms with Crippen LogP contribution in [0.15, 0.2) is 122 Å². The number of amides is 1. The van der Waals surface area contributed by atoms with E-state index in [9.17, 15) is 15.0 Å².